The zero-order valence-electron chi connectivity index (χ0n) is 10.7. The number of rotatable bonds is 4. The molecule has 0 aliphatic heterocycles. The number of nitrogens with zero attached hydrogens (tertiary/aromatic N) is 3. The SMILES string of the molecule is CC(C)c1nnc(CNC(=O)c2ccco2)n1C. The molecule has 0 radical (unpaired) electrons. The lowest BCUT2D eigenvalue weighted by atomic mass is 10.2. The smallest absolute Gasteiger partial charge is 0.287 e. The van der Waals surface area contributed by atoms with Crippen molar-refractivity contribution in [3.63, 3.8) is 0 Å². The fourth-order valence-electron chi connectivity index (χ4n) is 1.69. The number of hydrogen-bond acceptors (Lipinski definition) is 4. The molecule has 96 valence electrons. The summed E-state index contributed by atoms with van der Waals surface area (Å²) in [7, 11) is 1.89. The maximum Gasteiger partial charge on any atom is 0.287 e. The van der Waals surface area contributed by atoms with Gasteiger partial charge in [0.25, 0.3) is 5.91 Å². The zero-order valence-corrected chi connectivity index (χ0v) is 10.7. The Balaban J connectivity index is 2.01. The Morgan fingerprint density at radius 2 is 2.28 bits per heavy atom. The van der Waals surface area contributed by atoms with Crippen LogP contribution in [0.25, 0.3) is 0 Å². The van der Waals surface area contributed by atoms with E-state index >= 15 is 0 Å². The highest BCUT2D eigenvalue weighted by atomic mass is 16.3. The highest BCUT2D eigenvalue weighted by Crippen LogP contribution is 2.11. The molecule has 0 fully saturated rings. The summed E-state index contributed by atoms with van der Waals surface area (Å²) in [6.45, 7) is 4.43. The average Bonchev–Trinajstić information content (AvgIpc) is 2.95. The maximum atomic E-state index is 11.7. The van der Waals surface area contributed by atoms with Crippen molar-refractivity contribution in [2.45, 2.75) is 26.3 Å². The molecule has 2 aromatic heterocycles. The van der Waals surface area contributed by atoms with Gasteiger partial charge >= 0.3 is 0 Å². The molecule has 1 amide bonds. The van der Waals surface area contributed by atoms with Gasteiger partial charge in [-0.25, -0.2) is 0 Å². The predicted octanol–water partition coefficient (Wildman–Crippen LogP) is 1.46. The minimum Gasteiger partial charge on any atom is -0.459 e. The highest BCUT2D eigenvalue weighted by Gasteiger charge is 2.13. The predicted molar refractivity (Wildman–Crippen MR) is 65.0 cm³/mol. The molecular formula is C12H16N4O2. The monoisotopic (exact) mass is 248 g/mol. The molecule has 6 heteroatoms. The molecule has 0 unspecified atom stereocenters. The second-order valence-corrected chi connectivity index (χ2v) is 4.35. The first kappa shape index (κ1) is 12.3. The van der Waals surface area contributed by atoms with Gasteiger partial charge in [-0.15, -0.1) is 10.2 Å². The largest absolute Gasteiger partial charge is 0.459 e. The molecule has 0 aliphatic carbocycles. The van der Waals surface area contributed by atoms with Gasteiger partial charge in [0.1, 0.15) is 5.82 Å². The van der Waals surface area contributed by atoms with Gasteiger partial charge in [0.05, 0.1) is 12.8 Å². The van der Waals surface area contributed by atoms with E-state index in [4.69, 9.17) is 4.42 Å². The molecule has 6 nitrogen and oxygen atoms in total. The lowest BCUT2D eigenvalue weighted by Gasteiger charge is -2.06. The maximum absolute atomic E-state index is 11.7. The normalized spacial score (nSPS) is 10.9. The van der Waals surface area contributed by atoms with Crippen LogP contribution in [-0.2, 0) is 13.6 Å². The van der Waals surface area contributed by atoms with Gasteiger partial charge in [0.2, 0.25) is 0 Å². The van der Waals surface area contributed by atoms with Gasteiger partial charge in [-0.2, -0.15) is 0 Å². The fourth-order valence-corrected chi connectivity index (χ4v) is 1.69. The summed E-state index contributed by atoms with van der Waals surface area (Å²) in [6, 6.07) is 3.29. The average molecular weight is 248 g/mol. The first-order valence-electron chi connectivity index (χ1n) is 5.79. The summed E-state index contributed by atoms with van der Waals surface area (Å²) in [4.78, 5) is 11.7. The minimum absolute atomic E-state index is 0.255. The van der Waals surface area contributed by atoms with E-state index in [-0.39, 0.29) is 5.91 Å². The number of hydrogen-bond donors (Lipinski definition) is 1. The van der Waals surface area contributed by atoms with Gasteiger partial charge in [0, 0.05) is 13.0 Å². The van der Waals surface area contributed by atoms with Crippen LogP contribution in [0.5, 0.6) is 0 Å². The number of aromatic nitrogens is 3. The Morgan fingerprint density at radius 1 is 1.50 bits per heavy atom. The summed E-state index contributed by atoms with van der Waals surface area (Å²) < 4.78 is 6.90. The van der Waals surface area contributed by atoms with Crippen LogP contribution in [0.1, 0.15) is 42.0 Å². The lowest BCUT2D eigenvalue weighted by molar-refractivity contribution is 0.0922. The van der Waals surface area contributed by atoms with Crippen LogP contribution in [0.2, 0.25) is 0 Å². The molecule has 0 spiro atoms. The van der Waals surface area contributed by atoms with Crippen LogP contribution in [0.3, 0.4) is 0 Å². The van der Waals surface area contributed by atoms with E-state index in [0.29, 0.717) is 18.2 Å². The quantitative estimate of drug-likeness (QED) is 0.889. The van der Waals surface area contributed by atoms with E-state index in [1.165, 1.54) is 6.26 Å². The second kappa shape index (κ2) is 5.03. The number of nitrogens with one attached hydrogen (secondary N) is 1. The minimum atomic E-state index is -0.255. The van der Waals surface area contributed by atoms with Crippen molar-refractivity contribution >= 4 is 5.91 Å². The Bertz CT molecular complexity index is 528. The summed E-state index contributed by atoms with van der Waals surface area (Å²) in [5, 5.41) is 10.9. The van der Waals surface area contributed by atoms with E-state index in [2.05, 4.69) is 29.4 Å². The van der Waals surface area contributed by atoms with Crippen molar-refractivity contribution in [3.8, 4) is 0 Å². The van der Waals surface area contributed by atoms with Crippen LogP contribution in [0, 0.1) is 0 Å². The van der Waals surface area contributed by atoms with Gasteiger partial charge in [-0.1, -0.05) is 13.8 Å². The Labute approximate surface area is 105 Å². The van der Waals surface area contributed by atoms with E-state index in [9.17, 15) is 4.79 Å². The van der Waals surface area contributed by atoms with Gasteiger partial charge in [-0.05, 0) is 12.1 Å². The van der Waals surface area contributed by atoms with Crippen LogP contribution < -0.4 is 5.32 Å². The van der Waals surface area contributed by atoms with Crippen LogP contribution in [0.15, 0.2) is 22.8 Å². The van der Waals surface area contributed by atoms with Crippen LogP contribution >= 0.6 is 0 Å². The topological polar surface area (TPSA) is 73.0 Å². The van der Waals surface area contributed by atoms with E-state index in [0.717, 1.165) is 11.6 Å². The van der Waals surface area contributed by atoms with Crippen molar-refractivity contribution in [3.05, 3.63) is 35.8 Å². The third-order valence-electron chi connectivity index (χ3n) is 2.67. The number of carbonyl (C=O) groups excluding carboxylic acids is 1. The molecule has 2 aromatic rings. The van der Waals surface area contributed by atoms with Gasteiger partial charge in [-0.3, -0.25) is 4.79 Å². The molecular weight excluding hydrogens is 232 g/mol. The molecule has 0 aliphatic rings. The summed E-state index contributed by atoms with van der Waals surface area (Å²) >= 11 is 0. The second-order valence-electron chi connectivity index (χ2n) is 4.35. The third-order valence-corrected chi connectivity index (χ3v) is 2.67. The first-order chi connectivity index (χ1) is 8.59. The van der Waals surface area contributed by atoms with Crippen LogP contribution in [-0.4, -0.2) is 20.7 Å². The number of carbonyl (C=O) groups is 1. The molecule has 0 atom stereocenters. The molecule has 0 saturated carbocycles. The molecule has 0 bridgehead atoms. The van der Waals surface area contributed by atoms with Crippen molar-refractivity contribution in [1.82, 2.24) is 20.1 Å². The fraction of sp³-hybridized carbons (Fsp3) is 0.417. The van der Waals surface area contributed by atoms with E-state index < -0.39 is 0 Å². The summed E-state index contributed by atoms with van der Waals surface area (Å²) in [5.41, 5.74) is 0. The first-order valence-corrected chi connectivity index (χ1v) is 5.79. The zero-order chi connectivity index (χ0) is 13.1. The van der Waals surface area contributed by atoms with Crippen molar-refractivity contribution in [2.24, 2.45) is 7.05 Å². The molecule has 1 N–H and O–H groups in total. The summed E-state index contributed by atoms with van der Waals surface area (Å²) in [6.07, 6.45) is 1.47. The Morgan fingerprint density at radius 3 is 2.83 bits per heavy atom. The van der Waals surface area contributed by atoms with Crippen molar-refractivity contribution < 1.29 is 9.21 Å². The number of furan rings is 1. The lowest BCUT2D eigenvalue weighted by Crippen LogP contribution is -2.24. The van der Waals surface area contributed by atoms with Gasteiger partial charge < -0.3 is 14.3 Å². The molecule has 0 aromatic carbocycles. The van der Waals surface area contributed by atoms with Crippen molar-refractivity contribution in [2.75, 3.05) is 0 Å². The van der Waals surface area contributed by atoms with Gasteiger partial charge in [0.15, 0.2) is 11.6 Å². The molecule has 2 heterocycles. The molecule has 2 rings (SSSR count). The third kappa shape index (κ3) is 2.42. The van der Waals surface area contributed by atoms with Crippen molar-refractivity contribution in [1.29, 1.82) is 0 Å². The Kier molecular flexibility index (Phi) is 3.45. The van der Waals surface area contributed by atoms with E-state index in [1.54, 1.807) is 12.1 Å². The van der Waals surface area contributed by atoms with Crippen LogP contribution in [0.4, 0.5) is 0 Å². The standard InChI is InChI=1S/C12H16N4O2/c1-8(2)11-15-14-10(16(11)3)7-13-12(17)9-5-4-6-18-9/h4-6,8H,7H2,1-3H3,(H,13,17). The molecule has 18 heavy (non-hydrogen) atoms. The summed E-state index contributed by atoms with van der Waals surface area (Å²) in [5.74, 6) is 1.96. The highest BCUT2D eigenvalue weighted by molar-refractivity contribution is 5.91. The molecule has 0 saturated heterocycles. The Hall–Kier alpha value is -2.11. The number of amides is 1. The van der Waals surface area contributed by atoms with E-state index in [1.807, 2.05) is 11.6 Å².